The van der Waals surface area contributed by atoms with E-state index in [1.165, 1.54) is 0 Å². The van der Waals surface area contributed by atoms with Gasteiger partial charge in [0.25, 0.3) is 0 Å². The Hall–Kier alpha value is -2.43. The molecule has 0 aliphatic rings. The first kappa shape index (κ1) is 11.1. The minimum atomic E-state index is -0.419. The molecule has 1 heterocycles. The molecule has 0 bridgehead atoms. The van der Waals surface area contributed by atoms with Crippen LogP contribution in [0, 0.1) is 0 Å². The molecule has 1 aromatic carbocycles. The van der Waals surface area contributed by atoms with Crippen LogP contribution in [0.4, 0.5) is 5.69 Å². The number of hydrogen-bond acceptors (Lipinski definition) is 5. The molecule has 0 spiro atoms. The van der Waals surface area contributed by atoms with Gasteiger partial charge in [0.15, 0.2) is 12.4 Å². The monoisotopic (exact) mass is 229 g/mol. The van der Waals surface area contributed by atoms with Gasteiger partial charge in [-0.05, 0) is 30.3 Å². The van der Waals surface area contributed by atoms with Crippen LogP contribution in [0.5, 0.6) is 0 Å². The standard InChI is InChI=1S/C12H11N3O2/c13-10-4-2-9(3-5-10)12(16)17-8-11-14-6-1-7-15-11/h1-7H,8,13H2. The van der Waals surface area contributed by atoms with E-state index in [2.05, 4.69) is 9.97 Å². The van der Waals surface area contributed by atoms with E-state index in [-0.39, 0.29) is 6.61 Å². The molecule has 5 heteroatoms. The zero-order valence-electron chi connectivity index (χ0n) is 9.04. The number of carbonyl (C=O) groups is 1. The van der Waals surface area contributed by atoms with Crippen LogP contribution in [0.25, 0.3) is 0 Å². The molecule has 86 valence electrons. The van der Waals surface area contributed by atoms with Gasteiger partial charge in [0.1, 0.15) is 0 Å². The fourth-order valence-electron chi connectivity index (χ4n) is 1.24. The van der Waals surface area contributed by atoms with E-state index in [0.29, 0.717) is 17.1 Å². The molecule has 2 N–H and O–H groups in total. The van der Waals surface area contributed by atoms with Crippen molar-refractivity contribution < 1.29 is 9.53 Å². The Bertz CT molecular complexity index is 497. The Morgan fingerprint density at radius 3 is 2.47 bits per heavy atom. The third kappa shape index (κ3) is 3.01. The molecule has 2 aromatic rings. The van der Waals surface area contributed by atoms with Gasteiger partial charge < -0.3 is 10.5 Å². The summed E-state index contributed by atoms with van der Waals surface area (Å²) in [6, 6.07) is 8.23. The summed E-state index contributed by atoms with van der Waals surface area (Å²) in [6.07, 6.45) is 3.19. The summed E-state index contributed by atoms with van der Waals surface area (Å²) >= 11 is 0. The van der Waals surface area contributed by atoms with Crippen LogP contribution < -0.4 is 5.73 Å². The maximum atomic E-state index is 11.6. The van der Waals surface area contributed by atoms with Crippen LogP contribution in [-0.2, 0) is 11.3 Å². The normalized spacial score (nSPS) is 9.88. The number of carbonyl (C=O) groups excluding carboxylic acids is 1. The number of aromatic nitrogens is 2. The number of nitrogens with two attached hydrogens (primary N) is 1. The minimum absolute atomic E-state index is 0.0596. The van der Waals surface area contributed by atoms with Crippen molar-refractivity contribution in [3.05, 3.63) is 54.1 Å². The largest absolute Gasteiger partial charge is 0.454 e. The Kier molecular flexibility index (Phi) is 3.30. The molecule has 0 saturated heterocycles. The Labute approximate surface area is 98.3 Å². The predicted molar refractivity (Wildman–Crippen MR) is 62.0 cm³/mol. The second kappa shape index (κ2) is 5.07. The SMILES string of the molecule is Nc1ccc(C(=O)OCc2ncccn2)cc1. The molecular weight excluding hydrogens is 218 g/mol. The van der Waals surface area contributed by atoms with E-state index in [4.69, 9.17) is 10.5 Å². The minimum Gasteiger partial charge on any atom is -0.454 e. The number of esters is 1. The number of ether oxygens (including phenoxy) is 1. The van der Waals surface area contributed by atoms with Gasteiger partial charge in [-0.3, -0.25) is 0 Å². The van der Waals surface area contributed by atoms with E-state index < -0.39 is 5.97 Å². The van der Waals surface area contributed by atoms with Crippen molar-refractivity contribution in [2.75, 3.05) is 5.73 Å². The Balaban J connectivity index is 1.96. The van der Waals surface area contributed by atoms with Gasteiger partial charge in [0.05, 0.1) is 5.56 Å². The molecule has 0 aliphatic heterocycles. The fraction of sp³-hybridized carbons (Fsp3) is 0.0833. The molecule has 0 radical (unpaired) electrons. The molecular formula is C12H11N3O2. The quantitative estimate of drug-likeness (QED) is 0.636. The molecule has 2 rings (SSSR count). The van der Waals surface area contributed by atoms with E-state index in [9.17, 15) is 4.79 Å². The Morgan fingerprint density at radius 1 is 1.18 bits per heavy atom. The molecule has 0 saturated carbocycles. The van der Waals surface area contributed by atoms with Gasteiger partial charge in [-0.25, -0.2) is 14.8 Å². The summed E-state index contributed by atoms with van der Waals surface area (Å²) in [7, 11) is 0. The highest BCUT2D eigenvalue weighted by Crippen LogP contribution is 2.07. The van der Waals surface area contributed by atoms with Crippen LogP contribution in [0.2, 0.25) is 0 Å². The van der Waals surface area contributed by atoms with E-state index in [1.54, 1.807) is 42.7 Å². The predicted octanol–water partition coefficient (Wildman–Crippen LogP) is 1.42. The topological polar surface area (TPSA) is 78.1 Å². The number of rotatable bonds is 3. The van der Waals surface area contributed by atoms with E-state index in [1.807, 2.05) is 0 Å². The van der Waals surface area contributed by atoms with Crippen molar-refractivity contribution in [3.8, 4) is 0 Å². The summed E-state index contributed by atoms with van der Waals surface area (Å²) in [6.45, 7) is 0.0596. The zero-order chi connectivity index (χ0) is 12.1. The molecule has 0 aliphatic carbocycles. The van der Waals surface area contributed by atoms with Gasteiger partial charge >= 0.3 is 5.97 Å². The van der Waals surface area contributed by atoms with Crippen molar-refractivity contribution in [3.63, 3.8) is 0 Å². The molecule has 0 amide bonds. The lowest BCUT2D eigenvalue weighted by Gasteiger charge is -2.03. The van der Waals surface area contributed by atoms with E-state index >= 15 is 0 Å². The van der Waals surface area contributed by atoms with Gasteiger partial charge in [0, 0.05) is 18.1 Å². The summed E-state index contributed by atoms with van der Waals surface area (Å²) < 4.78 is 5.05. The van der Waals surface area contributed by atoms with Gasteiger partial charge in [-0.1, -0.05) is 0 Å². The zero-order valence-corrected chi connectivity index (χ0v) is 9.04. The first-order valence-corrected chi connectivity index (χ1v) is 5.04. The number of nitrogens with zero attached hydrogens (tertiary/aromatic N) is 2. The summed E-state index contributed by atoms with van der Waals surface area (Å²) in [5.41, 5.74) is 6.58. The lowest BCUT2D eigenvalue weighted by Crippen LogP contribution is -2.07. The third-order valence-corrected chi connectivity index (χ3v) is 2.10. The second-order valence-corrected chi connectivity index (χ2v) is 3.36. The van der Waals surface area contributed by atoms with Crippen molar-refractivity contribution in [2.24, 2.45) is 0 Å². The lowest BCUT2D eigenvalue weighted by molar-refractivity contribution is 0.0462. The van der Waals surface area contributed by atoms with Crippen molar-refractivity contribution in [1.29, 1.82) is 0 Å². The molecule has 1 aromatic heterocycles. The summed E-state index contributed by atoms with van der Waals surface area (Å²) in [5, 5.41) is 0. The van der Waals surface area contributed by atoms with Crippen molar-refractivity contribution in [1.82, 2.24) is 9.97 Å². The maximum Gasteiger partial charge on any atom is 0.338 e. The van der Waals surface area contributed by atoms with E-state index in [0.717, 1.165) is 0 Å². The molecule has 17 heavy (non-hydrogen) atoms. The van der Waals surface area contributed by atoms with Gasteiger partial charge in [-0.15, -0.1) is 0 Å². The highest BCUT2D eigenvalue weighted by atomic mass is 16.5. The van der Waals surface area contributed by atoms with Crippen LogP contribution >= 0.6 is 0 Å². The number of hydrogen-bond donors (Lipinski definition) is 1. The highest BCUT2D eigenvalue weighted by molar-refractivity contribution is 5.89. The number of nitrogen functional groups attached to an aromatic ring is 1. The van der Waals surface area contributed by atoms with Crippen LogP contribution in [0.15, 0.2) is 42.7 Å². The van der Waals surface area contributed by atoms with Crippen molar-refractivity contribution >= 4 is 11.7 Å². The van der Waals surface area contributed by atoms with Crippen molar-refractivity contribution in [2.45, 2.75) is 6.61 Å². The lowest BCUT2D eigenvalue weighted by atomic mass is 10.2. The number of benzene rings is 1. The van der Waals surface area contributed by atoms with Crippen LogP contribution in [0.1, 0.15) is 16.2 Å². The molecule has 0 fully saturated rings. The smallest absolute Gasteiger partial charge is 0.338 e. The average Bonchev–Trinajstić information content (AvgIpc) is 2.38. The average molecular weight is 229 g/mol. The first-order valence-electron chi connectivity index (χ1n) is 5.04. The molecule has 0 unspecified atom stereocenters. The van der Waals surface area contributed by atoms with Gasteiger partial charge in [-0.2, -0.15) is 0 Å². The summed E-state index contributed by atoms with van der Waals surface area (Å²) in [4.78, 5) is 19.5. The summed E-state index contributed by atoms with van der Waals surface area (Å²) in [5.74, 6) is 0.0498. The Morgan fingerprint density at radius 2 is 1.82 bits per heavy atom. The number of anilines is 1. The van der Waals surface area contributed by atoms with Gasteiger partial charge in [0.2, 0.25) is 0 Å². The van der Waals surface area contributed by atoms with Crippen LogP contribution in [-0.4, -0.2) is 15.9 Å². The molecule has 0 atom stereocenters. The highest BCUT2D eigenvalue weighted by Gasteiger charge is 2.07. The maximum absolute atomic E-state index is 11.6. The third-order valence-electron chi connectivity index (χ3n) is 2.10. The fourth-order valence-corrected chi connectivity index (χ4v) is 1.24. The first-order chi connectivity index (χ1) is 8.25. The molecule has 5 nitrogen and oxygen atoms in total. The second-order valence-electron chi connectivity index (χ2n) is 3.36. The van der Waals surface area contributed by atoms with Crippen LogP contribution in [0.3, 0.4) is 0 Å².